The van der Waals surface area contributed by atoms with Crippen LogP contribution in [0.4, 0.5) is 0 Å². The van der Waals surface area contributed by atoms with E-state index >= 15 is 0 Å². The fourth-order valence-corrected chi connectivity index (χ4v) is 1.47. The van der Waals surface area contributed by atoms with Gasteiger partial charge in [-0.2, -0.15) is 0 Å². The van der Waals surface area contributed by atoms with Crippen molar-refractivity contribution in [1.82, 2.24) is 4.90 Å². The molecule has 1 rings (SSSR count). The minimum Gasteiger partial charge on any atom is -0.497 e. The standard InChI is InChI=1S/C14H17NO4/c1-15(13(16)7-8-14(17)18)10-9-11-3-5-12(19-2)6-4-11/h3-8H,9-10H2,1-2H3,(H,17,18)/b8-7+. The van der Waals surface area contributed by atoms with Crippen molar-refractivity contribution < 1.29 is 19.4 Å². The monoisotopic (exact) mass is 263 g/mol. The maximum Gasteiger partial charge on any atom is 0.328 e. The fourth-order valence-electron chi connectivity index (χ4n) is 1.47. The molecule has 0 aliphatic heterocycles. The van der Waals surface area contributed by atoms with Crippen molar-refractivity contribution in [3.63, 3.8) is 0 Å². The molecule has 0 saturated heterocycles. The summed E-state index contributed by atoms with van der Waals surface area (Å²) in [6.07, 6.45) is 2.59. The highest BCUT2D eigenvalue weighted by Crippen LogP contribution is 2.11. The molecule has 1 N–H and O–H groups in total. The first-order valence-corrected chi connectivity index (χ1v) is 5.82. The van der Waals surface area contributed by atoms with Crippen LogP contribution < -0.4 is 4.74 Å². The molecule has 0 aromatic heterocycles. The Labute approximate surface area is 112 Å². The molecular formula is C14H17NO4. The molecule has 0 fully saturated rings. The topological polar surface area (TPSA) is 66.8 Å². The molecule has 0 atom stereocenters. The van der Waals surface area contributed by atoms with Crippen molar-refractivity contribution in [2.45, 2.75) is 6.42 Å². The third kappa shape index (κ3) is 5.25. The highest BCUT2D eigenvalue weighted by molar-refractivity contribution is 5.93. The molecule has 0 heterocycles. The molecule has 0 aliphatic rings. The van der Waals surface area contributed by atoms with Crippen LogP contribution >= 0.6 is 0 Å². The Balaban J connectivity index is 2.46. The predicted octanol–water partition coefficient (Wildman–Crippen LogP) is 1.34. The number of benzene rings is 1. The van der Waals surface area contributed by atoms with E-state index < -0.39 is 5.97 Å². The molecule has 1 aromatic rings. The van der Waals surface area contributed by atoms with E-state index in [1.165, 1.54) is 4.90 Å². The molecule has 0 aliphatic carbocycles. The smallest absolute Gasteiger partial charge is 0.328 e. The molecule has 0 spiro atoms. The molecule has 1 aromatic carbocycles. The number of amides is 1. The highest BCUT2D eigenvalue weighted by atomic mass is 16.5. The van der Waals surface area contributed by atoms with Gasteiger partial charge >= 0.3 is 5.97 Å². The van der Waals surface area contributed by atoms with Crippen LogP contribution in [0.1, 0.15) is 5.56 Å². The molecular weight excluding hydrogens is 246 g/mol. The minimum absolute atomic E-state index is 0.323. The number of likely N-dealkylation sites (N-methyl/N-ethyl adjacent to an activating group) is 1. The number of carbonyl (C=O) groups is 2. The molecule has 102 valence electrons. The first-order valence-electron chi connectivity index (χ1n) is 5.82. The molecule has 0 saturated carbocycles. The van der Waals surface area contributed by atoms with Crippen LogP contribution in [0.3, 0.4) is 0 Å². The van der Waals surface area contributed by atoms with Gasteiger partial charge in [0.25, 0.3) is 0 Å². The molecule has 5 nitrogen and oxygen atoms in total. The second-order valence-corrected chi connectivity index (χ2v) is 4.03. The molecule has 0 unspecified atom stereocenters. The van der Waals surface area contributed by atoms with Crippen molar-refractivity contribution in [2.75, 3.05) is 20.7 Å². The number of hydrogen-bond donors (Lipinski definition) is 1. The molecule has 19 heavy (non-hydrogen) atoms. The number of ether oxygens (including phenoxy) is 1. The number of carboxylic acid groups (broad SMARTS) is 1. The average molecular weight is 263 g/mol. The van der Waals surface area contributed by atoms with Gasteiger partial charge in [-0.15, -0.1) is 0 Å². The van der Waals surface area contributed by atoms with Gasteiger partial charge in [-0.1, -0.05) is 12.1 Å². The fraction of sp³-hybridized carbons (Fsp3) is 0.286. The lowest BCUT2D eigenvalue weighted by Crippen LogP contribution is -2.27. The average Bonchev–Trinajstić information content (AvgIpc) is 2.42. The summed E-state index contributed by atoms with van der Waals surface area (Å²) >= 11 is 0. The van der Waals surface area contributed by atoms with Crippen LogP contribution in [0.15, 0.2) is 36.4 Å². The van der Waals surface area contributed by atoms with E-state index in [0.717, 1.165) is 23.5 Å². The zero-order valence-electron chi connectivity index (χ0n) is 11.0. The van der Waals surface area contributed by atoms with Crippen molar-refractivity contribution in [3.05, 3.63) is 42.0 Å². The molecule has 0 bridgehead atoms. The van der Waals surface area contributed by atoms with Crippen LogP contribution in [-0.2, 0) is 16.0 Å². The lowest BCUT2D eigenvalue weighted by atomic mass is 10.1. The number of rotatable bonds is 6. The number of aliphatic carboxylic acids is 1. The zero-order valence-corrected chi connectivity index (χ0v) is 11.0. The normalized spacial score (nSPS) is 10.4. The summed E-state index contributed by atoms with van der Waals surface area (Å²) in [7, 11) is 3.24. The third-order valence-electron chi connectivity index (χ3n) is 2.64. The predicted molar refractivity (Wildman–Crippen MR) is 71.1 cm³/mol. The Morgan fingerprint density at radius 3 is 2.42 bits per heavy atom. The van der Waals surface area contributed by atoms with E-state index in [1.807, 2.05) is 24.3 Å². The molecule has 5 heteroatoms. The number of carboxylic acids is 1. The van der Waals surface area contributed by atoms with E-state index in [4.69, 9.17) is 9.84 Å². The summed E-state index contributed by atoms with van der Waals surface area (Å²) in [5, 5.41) is 8.43. The van der Waals surface area contributed by atoms with Crippen molar-refractivity contribution in [3.8, 4) is 5.75 Å². The van der Waals surface area contributed by atoms with Gasteiger partial charge in [0, 0.05) is 25.7 Å². The Hall–Kier alpha value is -2.30. The van der Waals surface area contributed by atoms with E-state index in [0.29, 0.717) is 13.0 Å². The third-order valence-corrected chi connectivity index (χ3v) is 2.64. The number of hydrogen-bond acceptors (Lipinski definition) is 3. The Bertz CT molecular complexity index is 465. The summed E-state index contributed by atoms with van der Waals surface area (Å²) in [5.74, 6) is -0.662. The van der Waals surface area contributed by atoms with Crippen molar-refractivity contribution in [2.24, 2.45) is 0 Å². The summed E-state index contributed by atoms with van der Waals surface area (Å²) in [6.45, 7) is 0.523. The first kappa shape index (κ1) is 14.8. The van der Waals surface area contributed by atoms with Crippen LogP contribution in [0.25, 0.3) is 0 Å². The van der Waals surface area contributed by atoms with Crippen LogP contribution in [0, 0.1) is 0 Å². The summed E-state index contributed by atoms with van der Waals surface area (Å²) in [6, 6.07) is 7.59. The van der Waals surface area contributed by atoms with Gasteiger partial charge in [0.1, 0.15) is 5.75 Å². The van der Waals surface area contributed by atoms with E-state index in [9.17, 15) is 9.59 Å². The van der Waals surface area contributed by atoms with Crippen LogP contribution in [0.5, 0.6) is 5.75 Å². The van der Waals surface area contributed by atoms with Gasteiger partial charge in [-0.3, -0.25) is 4.79 Å². The second-order valence-electron chi connectivity index (χ2n) is 4.03. The lowest BCUT2D eigenvalue weighted by molar-refractivity contribution is -0.132. The zero-order chi connectivity index (χ0) is 14.3. The van der Waals surface area contributed by atoms with Gasteiger partial charge in [0.05, 0.1) is 7.11 Å². The lowest BCUT2D eigenvalue weighted by Gasteiger charge is -2.14. The van der Waals surface area contributed by atoms with Gasteiger partial charge in [-0.05, 0) is 24.1 Å². The number of nitrogens with zero attached hydrogens (tertiary/aromatic N) is 1. The van der Waals surface area contributed by atoms with Gasteiger partial charge in [0.2, 0.25) is 5.91 Å². The largest absolute Gasteiger partial charge is 0.497 e. The first-order chi connectivity index (χ1) is 9.02. The maximum atomic E-state index is 11.5. The quantitative estimate of drug-likeness (QED) is 0.786. The second kappa shape index (κ2) is 7.20. The Morgan fingerprint density at radius 1 is 1.26 bits per heavy atom. The molecule has 1 amide bonds. The SMILES string of the molecule is COc1ccc(CCN(C)C(=O)/C=C/C(=O)O)cc1. The summed E-state index contributed by atoms with van der Waals surface area (Å²) in [5.41, 5.74) is 1.09. The van der Waals surface area contributed by atoms with Gasteiger partial charge in [0.15, 0.2) is 0 Å². The van der Waals surface area contributed by atoms with Crippen LogP contribution in [-0.4, -0.2) is 42.6 Å². The van der Waals surface area contributed by atoms with E-state index in [2.05, 4.69) is 0 Å². The van der Waals surface area contributed by atoms with Crippen molar-refractivity contribution >= 4 is 11.9 Å². The summed E-state index contributed by atoms with van der Waals surface area (Å²) < 4.78 is 5.06. The number of carbonyl (C=O) groups excluding carboxylic acids is 1. The molecule has 0 radical (unpaired) electrons. The Morgan fingerprint density at radius 2 is 1.89 bits per heavy atom. The van der Waals surface area contributed by atoms with E-state index in [-0.39, 0.29) is 5.91 Å². The van der Waals surface area contributed by atoms with Crippen LogP contribution in [0.2, 0.25) is 0 Å². The maximum absolute atomic E-state index is 11.5. The van der Waals surface area contributed by atoms with Crippen molar-refractivity contribution in [1.29, 1.82) is 0 Å². The van der Waals surface area contributed by atoms with Gasteiger partial charge < -0.3 is 14.7 Å². The summed E-state index contributed by atoms with van der Waals surface area (Å²) in [4.78, 5) is 23.3. The Kier molecular flexibility index (Phi) is 5.60. The van der Waals surface area contributed by atoms with E-state index in [1.54, 1.807) is 14.2 Å². The minimum atomic E-state index is -1.13. The highest BCUT2D eigenvalue weighted by Gasteiger charge is 2.05. The van der Waals surface area contributed by atoms with Gasteiger partial charge in [-0.25, -0.2) is 4.79 Å². The number of methoxy groups -OCH3 is 1.